The van der Waals surface area contributed by atoms with Crippen LogP contribution in [0.25, 0.3) is 0 Å². The van der Waals surface area contributed by atoms with E-state index in [0.29, 0.717) is 29.4 Å². The van der Waals surface area contributed by atoms with Gasteiger partial charge >= 0.3 is 5.97 Å². The van der Waals surface area contributed by atoms with Crippen molar-refractivity contribution in [3.63, 3.8) is 0 Å². The van der Waals surface area contributed by atoms with Gasteiger partial charge in [0.25, 0.3) is 5.91 Å². The van der Waals surface area contributed by atoms with Crippen molar-refractivity contribution in [3.8, 4) is 17.2 Å². The van der Waals surface area contributed by atoms with Gasteiger partial charge in [-0.25, -0.2) is 4.79 Å². The SMILES string of the molecule is CC[C@H](Oc1ccccc1)C(=O)O[C@H](C)C(=O)Nc1ccc(OC)c(OC)c1. The van der Waals surface area contributed by atoms with Crippen LogP contribution >= 0.6 is 0 Å². The summed E-state index contributed by atoms with van der Waals surface area (Å²) >= 11 is 0. The molecule has 0 aliphatic rings. The van der Waals surface area contributed by atoms with E-state index in [-0.39, 0.29) is 0 Å². The monoisotopic (exact) mass is 387 g/mol. The van der Waals surface area contributed by atoms with E-state index in [1.54, 1.807) is 30.3 Å². The molecule has 0 fully saturated rings. The average molecular weight is 387 g/mol. The lowest BCUT2D eigenvalue weighted by molar-refractivity contribution is -0.160. The number of hydrogen-bond acceptors (Lipinski definition) is 6. The minimum atomic E-state index is -0.992. The molecule has 0 aliphatic carbocycles. The molecular formula is C21H25NO6. The summed E-state index contributed by atoms with van der Waals surface area (Å²) in [4.78, 5) is 24.7. The maximum absolute atomic E-state index is 12.4. The summed E-state index contributed by atoms with van der Waals surface area (Å²) in [6.07, 6.45) is -1.37. The Morgan fingerprint density at radius 2 is 1.68 bits per heavy atom. The third-order valence-electron chi connectivity index (χ3n) is 3.97. The van der Waals surface area contributed by atoms with Crippen LogP contribution in [0.4, 0.5) is 5.69 Å². The number of methoxy groups -OCH3 is 2. The number of nitrogens with one attached hydrogen (secondary N) is 1. The fraction of sp³-hybridized carbons (Fsp3) is 0.333. The van der Waals surface area contributed by atoms with Crippen molar-refractivity contribution >= 4 is 17.6 Å². The van der Waals surface area contributed by atoms with Crippen LogP contribution in [0, 0.1) is 0 Å². The number of ether oxygens (including phenoxy) is 4. The molecule has 0 aromatic heterocycles. The zero-order valence-corrected chi connectivity index (χ0v) is 16.4. The van der Waals surface area contributed by atoms with Gasteiger partial charge in [0.1, 0.15) is 5.75 Å². The first-order valence-corrected chi connectivity index (χ1v) is 8.93. The Balaban J connectivity index is 1.96. The third kappa shape index (κ3) is 5.64. The Labute approximate surface area is 164 Å². The lowest BCUT2D eigenvalue weighted by atomic mass is 10.2. The fourth-order valence-corrected chi connectivity index (χ4v) is 2.42. The first kappa shape index (κ1) is 21.1. The summed E-state index contributed by atoms with van der Waals surface area (Å²) in [6.45, 7) is 3.31. The Hall–Kier alpha value is -3.22. The lowest BCUT2D eigenvalue weighted by Gasteiger charge is -2.19. The van der Waals surface area contributed by atoms with Crippen LogP contribution in [0.15, 0.2) is 48.5 Å². The van der Waals surface area contributed by atoms with Crippen LogP contribution in [-0.2, 0) is 14.3 Å². The smallest absolute Gasteiger partial charge is 0.348 e. The Kier molecular flexibility index (Phi) is 7.68. The number of amides is 1. The van der Waals surface area contributed by atoms with Crippen molar-refractivity contribution < 1.29 is 28.5 Å². The van der Waals surface area contributed by atoms with E-state index in [4.69, 9.17) is 18.9 Å². The predicted octanol–water partition coefficient (Wildman–Crippen LogP) is 3.43. The van der Waals surface area contributed by atoms with Crippen LogP contribution in [-0.4, -0.2) is 38.3 Å². The molecule has 1 N–H and O–H groups in total. The van der Waals surface area contributed by atoms with E-state index in [0.717, 1.165) is 0 Å². The second-order valence-corrected chi connectivity index (χ2v) is 5.97. The molecule has 7 nitrogen and oxygen atoms in total. The van der Waals surface area contributed by atoms with Gasteiger partial charge in [0.2, 0.25) is 0 Å². The Morgan fingerprint density at radius 1 is 1.00 bits per heavy atom. The van der Waals surface area contributed by atoms with Gasteiger partial charge in [-0.3, -0.25) is 4.79 Å². The highest BCUT2D eigenvalue weighted by atomic mass is 16.6. The van der Waals surface area contributed by atoms with E-state index in [1.165, 1.54) is 21.1 Å². The summed E-state index contributed by atoms with van der Waals surface area (Å²) in [5, 5.41) is 2.69. The minimum Gasteiger partial charge on any atom is -0.493 e. The maximum Gasteiger partial charge on any atom is 0.348 e. The number of carbonyl (C=O) groups is 2. The largest absolute Gasteiger partial charge is 0.493 e. The summed E-state index contributed by atoms with van der Waals surface area (Å²) in [6, 6.07) is 13.9. The van der Waals surface area contributed by atoms with Gasteiger partial charge in [0, 0.05) is 11.8 Å². The zero-order chi connectivity index (χ0) is 20.5. The molecule has 2 atom stereocenters. The highest BCUT2D eigenvalue weighted by molar-refractivity contribution is 5.95. The molecule has 2 rings (SSSR count). The second-order valence-electron chi connectivity index (χ2n) is 5.97. The van der Waals surface area contributed by atoms with Gasteiger partial charge in [-0.05, 0) is 37.6 Å². The van der Waals surface area contributed by atoms with Gasteiger partial charge in [-0.1, -0.05) is 25.1 Å². The van der Waals surface area contributed by atoms with Gasteiger partial charge in [-0.2, -0.15) is 0 Å². The van der Waals surface area contributed by atoms with E-state index in [1.807, 2.05) is 25.1 Å². The number of para-hydroxylation sites is 1. The molecule has 0 bridgehead atoms. The molecule has 150 valence electrons. The highest BCUT2D eigenvalue weighted by Crippen LogP contribution is 2.29. The molecule has 0 aliphatic heterocycles. The van der Waals surface area contributed by atoms with Crippen LogP contribution in [0.3, 0.4) is 0 Å². The molecule has 0 heterocycles. The van der Waals surface area contributed by atoms with Crippen LogP contribution in [0.5, 0.6) is 17.2 Å². The molecule has 2 aromatic rings. The number of esters is 1. The first-order valence-electron chi connectivity index (χ1n) is 8.93. The molecular weight excluding hydrogens is 362 g/mol. The molecule has 1 amide bonds. The zero-order valence-electron chi connectivity index (χ0n) is 16.4. The molecule has 0 saturated heterocycles. The van der Waals surface area contributed by atoms with Crippen molar-refractivity contribution in [2.75, 3.05) is 19.5 Å². The van der Waals surface area contributed by atoms with Crippen molar-refractivity contribution in [3.05, 3.63) is 48.5 Å². The van der Waals surface area contributed by atoms with Gasteiger partial charge in [0.05, 0.1) is 14.2 Å². The number of anilines is 1. The molecule has 0 saturated carbocycles. The molecule has 7 heteroatoms. The summed E-state index contributed by atoms with van der Waals surface area (Å²) in [5.41, 5.74) is 0.498. The van der Waals surface area contributed by atoms with Crippen LogP contribution in [0.1, 0.15) is 20.3 Å². The van der Waals surface area contributed by atoms with E-state index in [9.17, 15) is 9.59 Å². The van der Waals surface area contributed by atoms with Crippen molar-refractivity contribution in [2.45, 2.75) is 32.5 Å². The molecule has 2 aromatic carbocycles. The van der Waals surface area contributed by atoms with Crippen molar-refractivity contribution in [1.82, 2.24) is 0 Å². The quantitative estimate of drug-likeness (QED) is 0.664. The van der Waals surface area contributed by atoms with E-state index < -0.39 is 24.1 Å². The van der Waals surface area contributed by atoms with E-state index >= 15 is 0 Å². The molecule has 0 radical (unpaired) electrons. The van der Waals surface area contributed by atoms with Gasteiger partial charge < -0.3 is 24.3 Å². The fourth-order valence-electron chi connectivity index (χ4n) is 2.42. The van der Waals surface area contributed by atoms with Crippen LogP contribution in [0.2, 0.25) is 0 Å². The summed E-state index contributed by atoms with van der Waals surface area (Å²) in [7, 11) is 3.03. The van der Waals surface area contributed by atoms with Gasteiger partial charge in [0.15, 0.2) is 23.7 Å². The Bertz CT molecular complexity index is 793. The standard InChI is InChI=1S/C21H25NO6/c1-5-17(28-16-9-7-6-8-10-16)21(24)27-14(2)20(23)22-15-11-12-18(25-3)19(13-15)26-4/h6-14,17H,5H2,1-4H3,(H,22,23)/t14-,17+/m1/s1. The van der Waals surface area contributed by atoms with Crippen LogP contribution < -0.4 is 19.5 Å². The molecule has 0 unspecified atom stereocenters. The minimum absolute atomic E-state index is 0.414. The Morgan fingerprint density at radius 3 is 2.29 bits per heavy atom. The average Bonchev–Trinajstić information content (AvgIpc) is 2.72. The van der Waals surface area contributed by atoms with Gasteiger partial charge in [-0.15, -0.1) is 0 Å². The normalized spacial score (nSPS) is 12.4. The topological polar surface area (TPSA) is 83.1 Å². The molecule has 0 spiro atoms. The van der Waals surface area contributed by atoms with E-state index in [2.05, 4.69) is 5.32 Å². The highest BCUT2D eigenvalue weighted by Gasteiger charge is 2.25. The number of carbonyl (C=O) groups excluding carboxylic acids is 2. The second kappa shape index (κ2) is 10.2. The number of rotatable bonds is 9. The lowest BCUT2D eigenvalue weighted by Crippen LogP contribution is -2.36. The van der Waals surface area contributed by atoms with Crippen molar-refractivity contribution in [1.29, 1.82) is 0 Å². The maximum atomic E-state index is 12.4. The summed E-state index contributed by atoms with van der Waals surface area (Å²) < 4.78 is 21.3. The summed E-state index contributed by atoms with van der Waals surface area (Å²) in [5.74, 6) is 0.529. The first-order chi connectivity index (χ1) is 13.5. The van der Waals surface area contributed by atoms with Crippen molar-refractivity contribution in [2.24, 2.45) is 0 Å². The predicted molar refractivity (Wildman–Crippen MR) is 105 cm³/mol. The molecule has 28 heavy (non-hydrogen) atoms. The number of benzene rings is 2. The third-order valence-corrected chi connectivity index (χ3v) is 3.97. The number of hydrogen-bond donors (Lipinski definition) is 1.